The van der Waals surface area contributed by atoms with Crippen molar-refractivity contribution in [3.8, 4) is 0 Å². The lowest BCUT2D eigenvalue weighted by Gasteiger charge is -2.08. The van der Waals surface area contributed by atoms with E-state index in [0.717, 1.165) is 22.0 Å². The van der Waals surface area contributed by atoms with Gasteiger partial charge < -0.3 is 15.0 Å². The number of rotatable bonds is 4. The molecule has 3 rings (SSSR count). The van der Waals surface area contributed by atoms with Crippen LogP contribution in [0.25, 0.3) is 17.0 Å². The number of para-hydroxylation sites is 1. The average Bonchev–Trinajstić information content (AvgIpc) is 3.04. The summed E-state index contributed by atoms with van der Waals surface area (Å²) in [6.45, 7) is 1.94. The van der Waals surface area contributed by atoms with Gasteiger partial charge in [-0.2, -0.15) is 0 Å². The second kappa shape index (κ2) is 7.05. The Morgan fingerprint density at radius 3 is 2.52 bits per heavy atom. The highest BCUT2D eigenvalue weighted by Crippen LogP contribution is 2.20. The molecule has 1 heterocycles. The van der Waals surface area contributed by atoms with Crippen molar-refractivity contribution in [1.29, 1.82) is 0 Å². The second-order valence-electron chi connectivity index (χ2n) is 5.66. The van der Waals surface area contributed by atoms with Gasteiger partial charge in [0.1, 0.15) is 5.70 Å². The maximum absolute atomic E-state index is 12.4. The molecule has 2 N–H and O–H groups in total. The van der Waals surface area contributed by atoms with Crippen molar-refractivity contribution >= 4 is 28.9 Å². The van der Waals surface area contributed by atoms with Gasteiger partial charge in [-0.25, -0.2) is 4.79 Å². The molecule has 0 aliphatic rings. The topological polar surface area (TPSA) is 71.2 Å². The standard InChI is InChI=1S/C20H18N2O3/c1-13-7-9-14(10-8-13)19(23)22-18(20(24)25-2)11-15-12-21-17-6-4-3-5-16(15)17/h3-12,21H,1-2H3,(H,22,23)/b18-11+. The minimum absolute atomic E-state index is 0.0813. The minimum Gasteiger partial charge on any atom is -0.464 e. The molecular formula is C20H18N2O3. The summed E-state index contributed by atoms with van der Waals surface area (Å²) in [4.78, 5) is 27.6. The van der Waals surface area contributed by atoms with Crippen LogP contribution in [0.3, 0.4) is 0 Å². The van der Waals surface area contributed by atoms with Crippen LogP contribution in [-0.4, -0.2) is 24.0 Å². The Labute approximate surface area is 145 Å². The number of hydrogen-bond acceptors (Lipinski definition) is 3. The van der Waals surface area contributed by atoms with Crippen LogP contribution in [0.5, 0.6) is 0 Å². The summed E-state index contributed by atoms with van der Waals surface area (Å²) < 4.78 is 4.80. The quantitative estimate of drug-likeness (QED) is 0.567. The number of H-pyrrole nitrogens is 1. The predicted octanol–water partition coefficient (Wildman–Crippen LogP) is 3.42. The highest BCUT2D eigenvalue weighted by molar-refractivity contribution is 6.04. The van der Waals surface area contributed by atoms with Gasteiger partial charge in [-0.15, -0.1) is 0 Å². The number of hydrogen-bond donors (Lipinski definition) is 2. The molecule has 3 aromatic rings. The van der Waals surface area contributed by atoms with Crippen LogP contribution in [0.4, 0.5) is 0 Å². The van der Waals surface area contributed by atoms with Crippen molar-refractivity contribution in [2.24, 2.45) is 0 Å². The molecule has 0 fully saturated rings. The number of amides is 1. The first kappa shape index (κ1) is 16.5. The SMILES string of the molecule is COC(=O)/C(=C\c1c[nH]c2ccccc12)NC(=O)c1ccc(C)cc1. The first-order valence-corrected chi connectivity index (χ1v) is 7.82. The first-order chi connectivity index (χ1) is 12.1. The molecule has 0 saturated carbocycles. The Morgan fingerprint density at radius 1 is 1.08 bits per heavy atom. The van der Waals surface area contributed by atoms with E-state index in [9.17, 15) is 9.59 Å². The molecule has 0 aliphatic heterocycles. The van der Waals surface area contributed by atoms with Gasteiger partial charge in [-0.3, -0.25) is 4.79 Å². The van der Waals surface area contributed by atoms with Gasteiger partial charge in [0.2, 0.25) is 0 Å². The van der Waals surface area contributed by atoms with Crippen LogP contribution in [0.2, 0.25) is 0 Å². The van der Waals surface area contributed by atoms with E-state index in [4.69, 9.17) is 4.74 Å². The Kier molecular flexibility index (Phi) is 4.66. The van der Waals surface area contributed by atoms with Gasteiger partial charge in [0, 0.05) is 28.2 Å². The highest BCUT2D eigenvalue weighted by atomic mass is 16.5. The zero-order chi connectivity index (χ0) is 17.8. The Balaban J connectivity index is 1.93. The van der Waals surface area contributed by atoms with E-state index in [0.29, 0.717) is 5.56 Å². The lowest BCUT2D eigenvalue weighted by atomic mass is 10.1. The molecule has 0 unspecified atom stereocenters. The number of nitrogens with one attached hydrogen (secondary N) is 2. The van der Waals surface area contributed by atoms with Crippen LogP contribution < -0.4 is 5.32 Å². The Bertz CT molecular complexity index is 952. The maximum Gasteiger partial charge on any atom is 0.354 e. The zero-order valence-electron chi connectivity index (χ0n) is 14.0. The molecule has 0 aliphatic carbocycles. The molecule has 0 saturated heterocycles. The lowest BCUT2D eigenvalue weighted by Crippen LogP contribution is -2.28. The Hall–Kier alpha value is -3.34. The second-order valence-corrected chi connectivity index (χ2v) is 5.66. The zero-order valence-corrected chi connectivity index (χ0v) is 14.0. The number of carbonyl (C=O) groups is 2. The number of esters is 1. The number of benzene rings is 2. The normalized spacial score (nSPS) is 11.4. The first-order valence-electron chi connectivity index (χ1n) is 7.82. The number of carbonyl (C=O) groups excluding carboxylic acids is 2. The van der Waals surface area contributed by atoms with Crippen LogP contribution in [0.1, 0.15) is 21.5 Å². The van der Waals surface area contributed by atoms with E-state index < -0.39 is 5.97 Å². The number of aromatic nitrogens is 1. The van der Waals surface area contributed by atoms with Crippen molar-refractivity contribution < 1.29 is 14.3 Å². The summed E-state index contributed by atoms with van der Waals surface area (Å²) in [7, 11) is 1.28. The van der Waals surface area contributed by atoms with E-state index in [2.05, 4.69) is 10.3 Å². The molecule has 5 heteroatoms. The fourth-order valence-electron chi connectivity index (χ4n) is 2.52. The van der Waals surface area contributed by atoms with Gasteiger partial charge in [0.25, 0.3) is 5.91 Å². The van der Waals surface area contributed by atoms with Crippen LogP contribution in [-0.2, 0) is 9.53 Å². The molecule has 1 aromatic heterocycles. The smallest absolute Gasteiger partial charge is 0.354 e. The van der Waals surface area contributed by atoms with E-state index in [1.165, 1.54) is 7.11 Å². The molecule has 0 radical (unpaired) electrons. The number of aryl methyl sites for hydroxylation is 1. The van der Waals surface area contributed by atoms with E-state index in [-0.39, 0.29) is 11.6 Å². The summed E-state index contributed by atoms with van der Waals surface area (Å²) in [6, 6.07) is 14.8. The molecule has 0 spiro atoms. The minimum atomic E-state index is -0.606. The number of fused-ring (bicyclic) bond motifs is 1. The third-order valence-electron chi connectivity index (χ3n) is 3.89. The molecule has 1 amide bonds. The predicted molar refractivity (Wildman–Crippen MR) is 96.9 cm³/mol. The van der Waals surface area contributed by atoms with Crippen molar-refractivity contribution in [3.63, 3.8) is 0 Å². The van der Waals surface area contributed by atoms with Crippen LogP contribution >= 0.6 is 0 Å². The highest BCUT2D eigenvalue weighted by Gasteiger charge is 2.15. The molecule has 0 atom stereocenters. The summed E-state index contributed by atoms with van der Waals surface area (Å²) >= 11 is 0. The maximum atomic E-state index is 12.4. The lowest BCUT2D eigenvalue weighted by molar-refractivity contribution is -0.136. The van der Waals surface area contributed by atoms with Crippen molar-refractivity contribution in [1.82, 2.24) is 10.3 Å². The van der Waals surface area contributed by atoms with Gasteiger partial charge in [-0.1, -0.05) is 35.9 Å². The number of methoxy groups -OCH3 is 1. The number of ether oxygens (including phenoxy) is 1. The van der Waals surface area contributed by atoms with Crippen LogP contribution in [0.15, 0.2) is 60.4 Å². The van der Waals surface area contributed by atoms with Crippen molar-refractivity contribution in [3.05, 3.63) is 77.1 Å². The Morgan fingerprint density at radius 2 is 1.80 bits per heavy atom. The van der Waals surface area contributed by atoms with E-state index >= 15 is 0 Å². The summed E-state index contributed by atoms with van der Waals surface area (Å²) in [5.74, 6) is -0.970. The molecule has 5 nitrogen and oxygen atoms in total. The van der Waals surface area contributed by atoms with E-state index in [1.807, 2.05) is 43.3 Å². The number of aromatic amines is 1. The average molecular weight is 334 g/mol. The monoisotopic (exact) mass is 334 g/mol. The molecule has 25 heavy (non-hydrogen) atoms. The fourth-order valence-corrected chi connectivity index (χ4v) is 2.52. The molecular weight excluding hydrogens is 316 g/mol. The van der Waals surface area contributed by atoms with Gasteiger partial charge >= 0.3 is 5.97 Å². The summed E-state index contributed by atoms with van der Waals surface area (Å²) in [5, 5.41) is 3.59. The van der Waals surface area contributed by atoms with Crippen molar-refractivity contribution in [2.45, 2.75) is 6.92 Å². The summed E-state index contributed by atoms with van der Waals surface area (Å²) in [6.07, 6.45) is 3.39. The molecule has 126 valence electrons. The third kappa shape index (κ3) is 3.61. The van der Waals surface area contributed by atoms with Gasteiger partial charge in [-0.05, 0) is 31.2 Å². The van der Waals surface area contributed by atoms with Crippen molar-refractivity contribution in [2.75, 3.05) is 7.11 Å². The molecule has 2 aromatic carbocycles. The van der Waals surface area contributed by atoms with E-state index in [1.54, 1.807) is 24.4 Å². The largest absolute Gasteiger partial charge is 0.464 e. The third-order valence-corrected chi connectivity index (χ3v) is 3.89. The van der Waals surface area contributed by atoms with Crippen LogP contribution in [0, 0.1) is 6.92 Å². The van der Waals surface area contributed by atoms with Gasteiger partial charge in [0.15, 0.2) is 0 Å². The molecule has 0 bridgehead atoms. The fraction of sp³-hybridized carbons (Fsp3) is 0.100. The van der Waals surface area contributed by atoms with Gasteiger partial charge in [0.05, 0.1) is 7.11 Å². The summed E-state index contributed by atoms with van der Waals surface area (Å²) in [5.41, 5.74) is 3.35.